The van der Waals surface area contributed by atoms with Gasteiger partial charge >= 0.3 is 0 Å². The van der Waals surface area contributed by atoms with Crippen LogP contribution >= 0.6 is 0 Å². The zero-order chi connectivity index (χ0) is 22.6. The van der Waals surface area contributed by atoms with E-state index in [2.05, 4.69) is 5.32 Å². The van der Waals surface area contributed by atoms with Crippen molar-refractivity contribution < 1.29 is 28.5 Å². The number of anilines is 1. The molecule has 0 unspecified atom stereocenters. The van der Waals surface area contributed by atoms with Gasteiger partial charge < -0.3 is 29.2 Å². The number of carbonyl (C=O) groups is 2. The molecule has 0 aromatic heterocycles. The number of nitrogens with one attached hydrogen (secondary N) is 1. The molecule has 33 heavy (non-hydrogen) atoms. The summed E-state index contributed by atoms with van der Waals surface area (Å²) < 4.78 is 22.2. The first-order valence-corrected chi connectivity index (χ1v) is 11.1. The first-order chi connectivity index (χ1) is 16.1. The van der Waals surface area contributed by atoms with Crippen molar-refractivity contribution in [2.75, 3.05) is 31.9 Å². The van der Waals surface area contributed by atoms with Crippen molar-refractivity contribution in [2.24, 2.45) is 11.8 Å². The van der Waals surface area contributed by atoms with Gasteiger partial charge in [0.15, 0.2) is 11.5 Å². The molecule has 8 nitrogen and oxygen atoms in total. The molecule has 2 saturated heterocycles. The van der Waals surface area contributed by atoms with Crippen LogP contribution in [0.3, 0.4) is 0 Å². The maximum atomic E-state index is 13.5. The van der Waals surface area contributed by atoms with Gasteiger partial charge in [0.1, 0.15) is 11.4 Å². The van der Waals surface area contributed by atoms with E-state index in [4.69, 9.17) is 18.9 Å². The van der Waals surface area contributed by atoms with Crippen LogP contribution in [0.25, 0.3) is 0 Å². The van der Waals surface area contributed by atoms with Crippen molar-refractivity contribution in [3.8, 4) is 17.2 Å². The van der Waals surface area contributed by atoms with Gasteiger partial charge in [-0.25, -0.2) is 0 Å². The summed E-state index contributed by atoms with van der Waals surface area (Å²) in [7, 11) is 1.63. The summed E-state index contributed by atoms with van der Waals surface area (Å²) in [4.78, 5) is 28.3. The van der Waals surface area contributed by atoms with Crippen LogP contribution in [0.5, 0.6) is 17.2 Å². The van der Waals surface area contributed by atoms with Gasteiger partial charge in [-0.2, -0.15) is 0 Å². The predicted octanol–water partition coefficient (Wildman–Crippen LogP) is 2.07. The van der Waals surface area contributed by atoms with Crippen molar-refractivity contribution >= 4 is 17.5 Å². The summed E-state index contributed by atoms with van der Waals surface area (Å²) >= 11 is 0. The Kier molecular flexibility index (Phi) is 4.58. The second-order valence-corrected chi connectivity index (χ2v) is 8.75. The Morgan fingerprint density at radius 2 is 2.00 bits per heavy atom. The maximum absolute atomic E-state index is 13.5. The number of nitrogens with zero attached hydrogens (tertiary/aromatic N) is 1. The minimum Gasteiger partial charge on any atom is -0.497 e. The number of benzene rings is 2. The van der Waals surface area contributed by atoms with Gasteiger partial charge in [-0.05, 0) is 36.2 Å². The molecule has 4 aliphatic heterocycles. The largest absolute Gasteiger partial charge is 0.497 e. The lowest BCUT2D eigenvalue weighted by atomic mass is 9.77. The molecule has 0 radical (unpaired) electrons. The molecule has 0 aliphatic carbocycles. The molecule has 2 aromatic rings. The number of ether oxygens (including phenoxy) is 4. The molecule has 1 spiro atoms. The summed E-state index contributed by atoms with van der Waals surface area (Å²) in [5.74, 6) is 0.738. The molecule has 8 heteroatoms. The molecule has 2 fully saturated rings. The maximum Gasteiger partial charge on any atom is 0.234 e. The van der Waals surface area contributed by atoms with Gasteiger partial charge in [0.05, 0.1) is 31.6 Å². The van der Waals surface area contributed by atoms with Crippen molar-refractivity contribution in [3.05, 3.63) is 60.2 Å². The van der Waals surface area contributed by atoms with Crippen LogP contribution in [0, 0.1) is 11.8 Å². The summed E-state index contributed by atoms with van der Waals surface area (Å²) in [6.07, 6.45) is 4.19. The van der Waals surface area contributed by atoms with Crippen LogP contribution in [-0.4, -0.2) is 50.5 Å². The monoisotopic (exact) mass is 448 g/mol. The minimum absolute atomic E-state index is 0.101. The number of hydrogen-bond donors (Lipinski definition) is 1. The van der Waals surface area contributed by atoms with E-state index >= 15 is 0 Å². The van der Waals surface area contributed by atoms with Crippen LogP contribution in [0.2, 0.25) is 0 Å². The highest BCUT2D eigenvalue weighted by Gasteiger charge is 2.67. The standard InChI is InChI=1S/C25H24N2O6/c1-30-17-5-2-15(3-6-17)9-11-26-23(28)21-19-8-10-25(33-19)13-27(24(29)22(21)25)16-4-7-18-20(12-16)32-14-31-18/h2-8,10,12,19,21-22H,9,11,13-14H2,1H3,(H,26,28)/t19-,21-,22+,25+/m1/s1. The highest BCUT2D eigenvalue weighted by Crippen LogP contribution is 2.53. The van der Waals surface area contributed by atoms with E-state index in [0.29, 0.717) is 36.7 Å². The minimum atomic E-state index is -0.768. The fraction of sp³-hybridized carbons (Fsp3) is 0.360. The van der Waals surface area contributed by atoms with Crippen molar-refractivity contribution in [1.82, 2.24) is 5.32 Å². The molecule has 4 atom stereocenters. The molecule has 2 bridgehead atoms. The summed E-state index contributed by atoms with van der Waals surface area (Å²) in [5.41, 5.74) is 1.05. The molecular formula is C25H24N2O6. The zero-order valence-corrected chi connectivity index (χ0v) is 18.2. The Bertz CT molecular complexity index is 1150. The second kappa shape index (κ2) is 7.52. The molecule has 4 aliphatic rings. The Balaban J connectivity index is 1.16. The number of amides is 2. The van der Waals surface area contributed by atoms with Gasteiger partial charge in [0.2, 0.25) is 18.6 Å². The normalized spacial score (nSPS) is 28.3. The lowest BCUT2D eigenvalue weighted by molar-refractivity contribution is -0.131. The first-order valence-electron chi connectivity index (χ1n) is 11.1. The summed E-state index contributed by atoms with van der Waals surface area (Å²) in [5, 5.41) is 3.01. The first kappa shape index (κ1) is 20.1. The van der Waals surface area contributed by atoms with E-state index in [1.165, 1.54) is 0 Å². The third-order valence-corrected chi connectivity index (χ3v) is 6.94. The van der Waals surface area contributed by atoms with Crippen molar-refractivity contribution in [3.63, 3.8) is 0 Å². The molecule has 170 valence electrons. The SMILES string of the molecule is COc1ccc(CCNC(=O)[C@H]2[C@H]3C(=O)N(c4ccc5c(c4)OCO5)C[C@@]34C=C[C@H]2O4)cc1. The number of carbonyl (C=O) groups excluding carboxylic acids is 2. The van der Waals surface area contributed by atoms with Crippen LogP contribution in [0.4, 0.5) is 5.69 Å². The van der Waals surface area contributed by atoms with Gasteiger partial charge in [0.25, 0.3) is 0 Å². The Morgan fingerprint density at radius 3 is 2.82 bits per heavy atom. The fourth-order valence-corrected chi connectivity index (χ4v) is 5.31. The van der Waals surface area contributed by atoms with Crippen molar-refractivity contribution in [2.45, 2.75) is 18.1 Å². The molecule has 2 amide bonds. The number of hydrogen-bond acceptors (Lipinski definition) is 6. The molecular weight excluding hydrogens is 424 g/mol. The Morgan fingerprint density at radius 1 is 1.18 bits per heavy atom. The van der Waals surface area contributed by atoms with Crippen LogP contribution < -0.4 is 24.4 Å². The molecule has 2 aromatic carbocycles. The van der Waals surface area contributed by atoms with E-state index < -0.39 is 17.4 Å². The summed E-state index contributed by atoms with van der Waals surface area (Å²) in [6.45, 7) is 1.03. The quantitative estimate of drug-likeness (QED) is 0.681. The predicted molar refractivity (Wildman–Crippen MR) is 118 cm³/mol. The number of fused-ring (bicyclic) bond motifs is 2. The number of methoxy groups -OCH3 is 1. The Labute approximate surface area is 191 Å². The van der Waals surface area contributed by atoms with E-state index in [-0.39, 0.29) is 24.7 Å². The van der Waals surface area contributed by atoms with Gasteiger partial charge in [-0.3, -0.25) is 9.59 Å². The average Bonchev–Trinajstić information content (AvgIpc) is 3.59. The lowest BCUT2D eigenvalue weighted by Gasteiger charge is -2.23. The fourth-order valence-electron chi connectivity index (χ4n) is 5.31. The molecule has 0 saturated carbocycles. The third-order valence-electron chi connectivity index (χ3n) is 6.94. The van der Waals surface area contributed by atoms with E-state index in [1.807, 2.05) is 42.5 Å². The molecule has 6 rings (SSSR count). The van der Waals surface area contributed by atoms with Crippen LogP contribution in [-0.2, 0) is 20.7 Å². The van der Waals surface area contributed by atoms with Crippen LogP contribution in [0.15, 0.2) is 54.6 Å². The zero-order valence-electron chi connectivity index (χ0n) is 18.2. The van der Waals surface area contributed by atoms with Crippen molar-refractivity contribution in [1.29, 1.82) is 0 Å². The second-order valence-electron chi connectivity index (χ2n) is 8.75. The smallest absolute Gasteiger partial charge is 0.234 e. The molecule has 4 heterocycles. The molecule has 1 N–H and O–H groups in total. The highest BCUT2D eigenvalue weighted by molar-refractivity contribution is 6.03. The third kappa shape index (κ3) is 3.16. The summed E-state index contributed by atoms with van der Waals surface area (Å²) in [6, 6.07) is 13.2. The average molecular weight is 448 g/mol. The topological polar surface area (TPSA) is 86.3 Å². The highest BCUT2D eigenvalue weighted by atomic mass is 16.7. The van der Waals surface area contributed by atoms with E-state index in [0.717, 1.165) is 11.3 Å². The van der Waals surface area contributed by atoms with E-state index in [1.54, 1.807) is 24.1 Å². The van der Waals surface area contributed by atoms with E-state index in [9.17, 15) is 9.59 Å². The van der Waals surface area contributed by atoms with Gasteiger partial charge in [-0.1, -0.05) is 24.3 Å². The number of rotatable bonds is 6. The Hall–Kier alpha value is -3.52. The van der Waals surface area contributed by atoms with Gasteiger partial charge in [-0.15, -0.1) is 0 Å². The van der Waals surface area contributed by atoms with Gasteiger partial charge in [0, 0.05) is 18.3 Å². The van der Waals surface area contributed by atoms with Crippen LogP contribution in [0.1, 0.15) is 5.56 Å². The lowest BCUT2D eigenvalue weighted by Crippen LogP contribution is -2.44.